The van der Waals surface area contributed by atoms with Crippen LogP contribution in [0.1, 0.15) is 102 Å². The Balaban J connectivity index is 2.07. The topological polar surface area (TPSA) is 96.5 Å². The highest BCUT2D eigenvalue weighted by atomic mass is 28.4. The second kappa shape index (κ2) is 15.4. The van der Waals surface area contributed by atoms with Gasteiger partial charge < -0.3 is 24.6 Å². The highest BCUT2D eigenvalue weighted by molar-refractivity contribution is 6.74. The van der Waals surface area contributed by atoms with Crippen LogP contribution in [0.4, 0.5) is 4.79 Å². The summed E-state index contributed by atoms with van der Waals surface area (Å²) in [4.78, 5) is 21.5. The molecule has 0 bridgehead atoms. The molecule has 8 heteroatoms. The summed E-state index contributed by atoms with van der Waals surface area (Å²) in [7, 11) is -2.29. The van der Waals surface area contributed by atoms with Gasteiger partial charge in [-0.15, -0.1) is 0 Å². The zero-order valence-electron chi connectivity index (χ0n) is 28.3. The molecule has 0 aliphatic carbocycles. The molecule has 0 saturated carbocycles. The maximum absolute atomic E-state index is 13.3. The van der Waals surface area contributed by atoms with E-state index in [-0.39, 0.29) is 23.1 Å². The molecule has 0 spiro atoms. The summed E-state index contributed by atoms with van der Waals surface area (Å²) in [6.45, 7) is 18.9. The zero-order valence-corrected chi connectivity index (χ0v) is 29.3. The molecule has 0 fully saturated rings. The molecule has 242 valence electrons. The average molecular weight is 622 g/mol. The molecule has 0 radical (unpaired) electrons. The minimum Gasteiger partial charge on any atom is -0.444 e. The van der Waals surface area contributed by atoms with Gasteiger partial charge in [-0.3, -0.25) is 0 Å². The molecule has 1 amide bonds. The number of nitrogens with one attached hydrogen (secondary N) is 2. The Hall–Kier alpha value is -2.94. The van der Waals surface area contributed by atoms with Crippen molar-refractivity contribution in [2.24, 2.45) is 0 Å². The summed E-state index contributed by atoms with van der Waals surface area (Å²) >= 11 is 0. The third kappa shape index (κ3) is 10.9. The second-order valence-corrected chi connectivity index (χ2v) is 19.3. The first kappa shape index (κ1) is 35.5. The SMILES string of the molecule is CCCC(O)c1cnc([C@H](Cc2ccccc2)C[C@H](O[Si](C)(C)C(C)(C)C)[C@H](Cc2ccccc2)NC(=O)OC(C)(C)C)[nH]1. The molecular weight excluding hydrogens is 566 g/mol. The van der Waals surface area contributed by atoms with Gasteiger partial charge in [-0.25, -0.2) is 9.78 Å². The van der Waals surface area contributed by atoms with Crippen LogP contribution in [0, 0.1) is 0 Å². The Morgan fingerprint density at radius 3 is 2.05 bits per heavy atom. The predicted molar refractivity (Wildman–Crippen MR) is 181 cm³/mol. The van der Waals surface area contributed by atoms with E-state index in [1.165, 1.54) is 5.56 Å². The minimum atomic E-state index is -2.29. The number of aromatic amines is 1. The van der Waals surface area contributed by atoms with Crippen LogP contribution in [0.3, 0.4) is 0 Å². The summed E-state index contributed by atoms with van der Waals surface area (Å²) in [6, 6.07) is 20.3. The van der Waals surface area contributed by atoms with E-state index < -0.39 is 26.1 Å². The summed E-state index contributed by atoms with van der Waals surface area (Å²) < 4.78 is 13.0. The first-order valence-corrected chi connectivity index (χ1v) is 19.0. The van der Waals surface area contributed by atoms with Crippen molar-refractivity contribution in [1.29, 1.82) is 0 Å². The molecular formula is C36H55N3O4Si. The number of aromatic nitrogens is 2. The standard InChI is InChI=1S/C36H55N3O4Si/c1-10-17-31(40)30-25-37-33(38-30)28(22-26-18-13-11-14-19-26)24-32(43-44(8,9)36(5,6)7)29(23-27-20-15-12-16-21-27)39-34(41)42-35(2,3)4/h11-16,18-21,25,28-29,31-32,40H,10,17,22-24H2,1-9H3,(H,37,38)(H,39,41)/t28-,29+,31?,32+/m1/s1. The van der Waals surface area contributed by atoms with Crippen molar-refractivity contribution >= 4 is 14.4 Å². The predicted octanol–water partition coefficient (Wildman–Crippen LogP) is 8.49. The number of alkyl carbamates (subject to hydrolysis) is 1. The lowest BCUT2D eigenvalue weighted by molar-refractivity contribution is 0.0418. The van der Waals surface area contributed by atoms with Crippen molar-refractivity contribution in [1.82, 2.24) is 15.3 Å². The van der Waals surface area contributed by atoms with Gasteiger partial charge in [0.15, 0.2) is 8.32 Å². The largest absolute Gasteiger partial charge is 0.444 e. The zero-order chi connectivity index (χ0) is 32.5. The number of ether oxygens (including phenoxy) is 1. The average Bonchev–Trinajstić information content (AvgIpc) is 3.42. The highest BCUT2D eigenvalue weighted by Crippen LogP contribution is 2.39. The van der Waals surface area contributed by atoms with Crippen LogP contribution in [-0.4, -0.2) is 47.2 Å². The number of hydrogen-bond acceptors (Lipinski definition) is 5. The van der Waals surface area contributed by atoms with E-state index in [2.05, 4.69) is 87.5 Å². The van der Waals surface area contributed by atoms with Crippen molar-refractivity contribution < 1.29 is 19.1 Å². The lowest BCUT2D eigenvalue weighted by Gasteiger charge is -2.42. The number of carbonyl (C=O) groups is 1. The molecule has 3 rings (SSSR count). The second-order valence-electron chi connectivity index (χ2n) is 14.5. The van der Waals surface area contributed by atoms with Gasteiger partial charge in [0.1, 0.15) is 11.4 Å². The van der Waals surface area contributed by atoms with Crippen molar-refractivity contribution in [2.75, 3.05) is 0 Å². The summed E-state index contributed by atoms with van der Waals surface area (Å²) in [5.41, 5.74) is 2.40. The van der Waals surface area contributed by atoms with Gasteiger partial charge in [-0.1, -0.05) is 94.8 Å². The fraction of sp³-hybridized carbons (Fsp3) is 0.556. The first-order valence-electron chi connectivity index (χ1n) is 16.1. The van der Waals surface area contributed by atoms with Crippen LogP contribution < -0.4 is 5.32 Å². The number of aliphatic hydroxyl groups is 1. The number of amides is 1. The molecule has 7 nitrogen and oxygen atoms in total. The van der Waals surface area contributed by atoms with E-state index >= 15 is 0 Å². The van der Waals surface area contributed by atoms with Crippen molar-refractivity contribution in [3.63, 3.8) is 0 Å². The molecule has 4 atom stereocenters. The lowest BCUT2D eigenvalue weighted by atomic mass is 9.89. The molecule has 0 saturated heterocycles. The summed E-state index contributed by atoms with van der Waals surface area (Å²) in [6.07, 6.45) is 3.89. The Morgan fingerprint density at radius 2 is 1.52 bits per heavy atom. The van der Waals surface area contributed by atoms with Crippen LogP contribution in [0.15, 0.2) is 66.9 Å². The molecule has 3 aromatic rings. The van der Waals surface area contributed by atoms with E-state index in [4.69, 9.17) is 14.1 Å². The van der Waals surface area contributed by atoms with Gasteiger partial charge in [0, 0.05) is 5.92 Å². The normalized spacial score (nSPS) is 15.3. The maximum Gasteiger partial charge on any atom is 0.407 e. The monoisotopic (exact) mass is 621 g/mol. The third-order valence-corrected chi connectivity index (χ3v) is 13.0. The molecule has 2 aromatic carbocycles. The van der Waals surface area contributed by atoms with Gasteiger partial charge >= 0.3 is 6.09 Å². The van der Waals surface area contributed by atoms with Crippen molar-refractivity contribution in [2.45, 2.75) is 128 Å². The Morgan fingerprint density at radius 1 is 0.955 bits per heavy atom. The van der Waals surface area contributed by atoms with E-state index in [1.807, 2.05) is 45.0 Å². The van der Waals surface area contributed by atoms with Gasteiger partial charge in [0.05, 0.1) is 30.1 Å². The Bertz CT molecular complexity index is 1280. The number of nitrogens with zero attached hydrogens (tertiary/aromatic N) is 1. The van der Waals surface area contributed by atoms with Crippen molar-refractivity contribution in [3.05, 3.63) is 89.5 Å². The number of H-pyrrole nitrogens is 1. The Kier molecular flexibility index (Phi) is 12.4. The number of rotatable bonds is 14. The van der Waals surface area contributed by atoms with Gasteiger partial charge in [0.25, 0.3) is 0 Å². The van der Waals surface area contributed by atoms with Crippen LogP contribution in [0.5, 0.6) is 0 Å². The number of carbonyl (C=O) groups excluding carboxylic acids is 1. The number of imidazole rings is 1. The number of hydrogen-bond donors (Lipinski definition) is 3. The van der Waals surface area contributed by atoms with Gasteiger partial charge in [0.2, 0.25) is 0 Å². The summed E-state index contributed by atoms with van der Waals surface area (Å²) in [5.74, 6) is 0.770. The number of benzene rings is 2. The van der Waals surface area contributed by atoms with Gasteiger partial charge in [-0.2, -0.15) is 0 Å². The Labute approximate surface area is 266 Å². The molecule has 3 N–H and O–H groups in total. The molecule has 44 heavy (non-hydrogen) atoms. The molecule has 0 aliphatic rings. The van der Waals surface area contributed by atoms with Crippen LogP contribution >= 0.6 is 0 Å². The van der Waals surface area contributed by atoms with E-state index in [0.717, 1.165) is 29.9 Å². The smallest absolute Gasteiger partial charge is 0.407 e. The van der Waals surface area contributed by atoms with Gasteiger partial charge in [-0.05, 0) is 75.7 Å². The molecule has 1 unspecified atom stereocenters. The summed E-state index contributed by atoms with van der Waals surface area (Å²) in [5, 5.41) is 13.9. The van der Waals surface area contributed by atoms with Crippen LogP contribution in [-0.2, 0) is 22.0 Å². The minimum absolute atomic E-state index is 0.0362. The third-order valence-electron chi connectivity index (χ3n) is 8.47. The fourth-order valence-corrected chi connectivity index (χ4v) is 6.45. The molecule has 1 heterocycles. The quantitative estimate of drug-likeness (QED) is 0.157. The lowest BCUT2D eigenvalue weighted by Crippen LogP contribution is -2.53. The van der Waals surface area contributed by atoms with Crippen LogP contribution in [0.25, 0.3) is 0 Å². The highest BCUT2D eigenvalue weighted by Gasteiger charge is 2.42. The number of aliphatic hydroxyl groups excluding tert-OH is 1. The first-order chi connectivity index (χ1) is 20.6. The fourth-order valence-electron chi connectivity index (χ4n) is 5.08. The molecule has 0 aliphatic heterocycles. The van der Waals surface area contributed by atoms with Crippen molar-refractivity contribution in [3.8, 4) is 0 Å². The maximum atomic E-state index is 13.3. The van der Waals surface area contributed by atoms with E-state index in [9.17, 15) is 9.90 Å². The van der Waals surface area contributed by atoms with Crippen LogP contribution in [0.2, 0.25) is 18.1 Å². The van der Waals surface area contributed by atoms with E-state index in [1.54, 1.807) is 6.20 Å². The van der Waals surface area contributed by atoms with E-state index in [0.29, 0.717) is 19.3 Å². The molecule has 1 aromatic heterocycles.